The van der Waals surface area contributed by atoms with Crippen molar-refractivity contribution >= 4 is 23.8 Å². The van der Waals surface area contributed by atoms with Gasteiger partial charge in [-0.05, 0) is 12.8 Å². The summed E-state index contributed by atoms with van der Waals surface area (Å²) in [7, 11) is 1.77. The zero-order chi connectivity index (χ0) is 14.5. The van der Waals surface area contributed by atoms with E-state index in [4.69, 9.17) is 9.84 Å². The van der Waals surface area contributed by atoms with Gasteiger partial charge in [-0.2, -0.15) is 11.8 Å². The van der Waals surface area contributed by atoms with Crippen LogP contribution >= 0.6 is 11.8 Å². The minimum Gasteiger partial charge on any atom is -0.481 e. The maximum atomic E-state index is 12.5. The molecule has 0 aromatic heterocycles. The van der Waals surface area contributed by atoms with E-state index in [0.29, 0.717) is 18.8 Å². The number of urea groups is 1. The highest BCUT2D eigenvalue weighted by molar-refractivity contribution is 7.99. The molecule has 0 aromatic rings. The van der Waals surface area contributed by atoms with Crippen molar-refractivity contribution in [1.29, 1.82) is 0 Å². The predicted octanol–water partition coefficient (Wildman–Crippen LogP) is 1.11. The molecular weight excluding hydrogens is 280 g/mol. The van der Waals surface area contributed by atoms with Crippen molar-refractivity contribution in [3.63, 3.8) is 0 Å². The van der Waals surface area contributed by atoms with Gasteiger partial charge in [0.2, 0.25) is 0 Å². The molecule has 2 unspecified atom stereocenters. The molecule has 2 heterocycles. The van der Waals surface area contributed by atoms with Crippen LogP contribution in [0.3, 0.4) is 0 Å². The molecule has 1 N–H and O–H groups in total. The zero-order valence-corrected chi connectivity index (χ0v) is 12.6. The number of ether oxygens (including phenoxy) is 1. The van der Waals surface area contributed by atoms with Gasteiger partial charge in [0.1, 0.15) is 0 Å². The quantitative estimate of drug-likeness (QED) is 0.842. The van der Waals surface area contributed by atoms with Gasteiger partial charge in [0.05, 0.1) is 18.6 Å². The number of carbonyl (C=O) groups excluding carboxylic acids is 1. The average molecular weight is 302 g/mol. The van der Waals surface area contributed by atoms with Crippen LogP contribution in [0.5, 0.6) is 0 Å². The summed E-state index contributed by atoms with van der Waals surface area (Å²) >= 11 is 1.71. The Morgan fingerprint density at radius 3 is 2.95 bits per heavy atom. The number of thioether (sulfide) groups is 1. The molecule has 0 radical (unpaired) electrons. The number of carbonyl (C=O) groups is 2. The van der Waals surface area contributed by atoms with Crippen LogP contribution in [-0.4, -0.2) is 77.3 Å². The fraction of sp³-hybridized carbons (Fsp3) is 0.846. The van der Waals surface area contributed by atoms with E-state index in [1.165, 1.54) is 0 Å². The van der Waals surface area contributed by atoms with Gasteiger partial charge in [-0.25, -0.2) is 4.79 Å². The van der Waals surface area contributed by atoms with Crippen LogP contribution in [0, 0.1) is 0 Å². The summed E-state index contributed by atoms with van der Waals surface area (Å²) in [5.41, 5.74) is 0. The van der Waals surface area contributed by atoms with Crippen molar-refractivity contribution in [2.45, 2.75) is 31.4 Å². The third-order valence-corrected chi connectivity index (χ3v) is 4.80. The van der Waals surface area contributed by atoms with Crippen molar-refractivity contribution in [3.05, 3.63) is 0 Å². The summed E-state index contributed by atoms with van der Waals surface area (Å²) in [6.45, 7) is 1.98. The highest BCUT2D eigenvalue weighted by Crippen LogP contribution is 2.21. The summed E-state index contributed by atoms with van der Waals surface area (Å²) in [6, 6.07) is -0.280. The number of likely N-dealkylation sites (N-methyl/N-ethyl adjacent to an activating group) is 1. The molecule has 20 heavy (non-hydrogen) atoms. The van der Waals surface area contributed by atoms with Gasteiger partial charge >= 0.3 is 12.0 Å². The van der Waals surface area contributed by atoms with Crippen molar-refractivity contribution in [2.24, 2.45) is 0 Å². The summed E-state index contributed by atoms with van der Waals surface area (Å²) in [5, 5.41) is 8.95. The van der Waals surface area contributed by atoms with Crippen molar-refractivity contribution < 1.29 is 19.4 Å². The number of carboxylic acids is 1. The molecule has 0 bridgehead atoms. The SMILES string of the molecule is CN(CC1CCCO1)C(=O)N1CCSCC1CC(=O)O. The molecular formula is C13H22N2O4S. The van der Waals surface area contributed by atoms with Gasteiger partial charge < -0.3 is 19.6 Å². The van der Waals surface area contributed by atoms with E-state index in [-0.39, 0.29) is 24.6 Å². The number of amides is 2. The molecule has 0 aromatic carbocycles. The van der Waals surface area contributed by atoms with Crippen molar-refractivity contribution in [3.8, 4) is 0 Å². The summed E-state index contributed by atoms with van der Waals surface area (Å²) in [5.74, 6) is 0.721. The van der Waals surface area contributed by atoms with Crippen LogP contribution in [0.1, 0.15) is 19.3 Å². The van der Waals surface area contributed by atoms with Crippen LogP contribution < -0.4 is 0 Å². The molecule has 2 rings (SSSR count). The molecule has 0 saturated carbocycles. The first-order valence-corrected chi connectivity index (χ1v) is 8.16. The van der Waals surface area contributed by atoms with E-state index < -0.39 is 5.97 Å². The van der Waals surface area contributed by atoms with Crippen LogP contribution in [0.4, 0.5) is 4.79 Å². The van der Waals surface area contributed by atoms with Gasteiger partial charge in [-0.15, -0.1) is 0 Å². The second-order valence-corrected chi connectivity index (χ2v) is 6.47. The normalized spacial score (nSPS) is 26.6. The highest BCUT2D eigenvalue weighted by Gasteiger charge is 2.31. The average Bonchev–Trinajstić information content (AvgIpc) is 2.90. The number of carboxylic acid groups (broad SMARTS) is 1. The van der Waals surface area contributed by atoms with Crippen LogP contribution in [-0.2, 0) is 9.53 Å². The number of nitrogens with zero attached hydrogens (tertiary/aromatic N) is 2. The fourth-order valence-electron chi connectivity index (χ4n) is 2.67. The van der Waals surface area contributed by atoms with Crippen molar-refractivity contribution in [2.75, 3.05) is 38.2 Å². The molecule has 0 spiro atoms. The Morgan fingerprint density at radius 1 is 1.50 bits per heavy atom. The lowest BCUT2D eigenvalue weighted by Crippen LogP contribution is -2.52. The van der Waals surface area contributed by atoms with Crippen LogP contribution in [0.15, 0.2) is 0 Å². The number of aliphatic carboxylic acids is 1. The molecule has 2 atom stereocenters. The molecule has 6 nitrogen and oxygen atoms in total. The Labute approximate surface area is 123 Å². The zero-order valence-electron chi connectivity index (χ0n) is 11.8. The third-order valence-electron chi connectivity index (χ3n) is 3.71. The Hall–Kier alpha value is -0.950. The van der Waals surface area contributed by atoms with Gasteiger partial charge in [0, 0.05) is 38.2 Å². The first kappa shape index (κ1) is 15.4. The van der Waals surface area contributed by atoms with Gasteiger partial charge in [-0.3, -0.25) is 4.79 Å². The standard InChI is InChI=1S/C13H22N2O4S/c1-14(8-11-3-2-5-19-11)13(18)15-4-6-20-9-10(15)7-12(16)17/h10-11H,2-9H2,1H3,(H,16,17). The lowest BCUT2D eigenvalue weighted by atomic mass is 10.2. The van der Waals surface area contributed by atoms with Gasteiger partial charge in [0.25, 0.3) is 0 Å². The first-order chi connectivity index (χ1) is 9.58. The van der Waals surface area contributed by atoms with E-state index in [1.807, 2.05) is 0 Å². The third kappa shape index (κ3) is 4.02. The molecule has 7 heteroatoms. The minimum atomic E-state index is -0.850. The van der Waals surface area contributed by atoms with E-state index in [1.54, 1.807) is 28.6 Å². The van der Waals surface area contributed by atoms with Crippen molar-refractivity contribution in [1.82, 2.24) is 9.80 Å². The second kappa shape index (κ2) is 7.17. The Balaban J connectivity index is 1.91. The largest absolute Gasteiger partial charge is 0.481 e. The molecule has 2 amide bonds. The van der Waals surface area contributed by atoms with Crippen LogP contribution in [0.2, 0.25) is 0 Å². The summed E-state index contributed by atoms with van der Waals surface area (Å²) in [6.07, 6.45) is 2.19. The molecule has 2 aliphatic heterocycles. The molecule has 2 saturated heterocycles. The summed E-state index contributed by atoms with van der Waals surface area (Å²) < 4.78 is 5.54. The smallest absolute Gasteiger partial charge is 0.320 e. The highest BCUT2D eigenvalue weighted by atomic mass is 32.2. The Bertz CT molecular complexity index is 360. The van der Waals surface area contributed by atoms with Gasteiger partial charge in [-0.1, -0.05) is 0 Å². The summed E-state index contributed by atoms with van der Waals surface area (Å²) in [4.78, 5) is 26.8. The van der Waals surface area contributed by atoms with E-state index >= 15 is 0 Å². The minimum absolute atomic E-state index is 0.0203. The van der Waals surface area contributed by atoms with E-state index in [2.05, 4.69) is 0 Å². The van der Waals surface area contributed by atoms with E-state index in [0.717, 1.165) is 25.2 Å². The lowest BCUT2D eigenvalue weighted by molar-refractivity contribution is -0.138. The number of hydrogen-bond donors (Lipinski definition) is 1. The molecule has 0 aliphatic carbocycles. The maximum Gasteiger partial charge on any atom is 0.320 e. The lowest BCUT2D eigenvalue weighted by Gasteiger charge is -2.37. The van der Waals surface area contributed by atoms with E-state index in [9.17, 15) is 9.59 Å². The predicted molar refractivity (Wildman–Crippen MR) is 77.1 cm³/mol. The second-order valence-electron chi connectivity index (χ2n) is 5.32. The number of hydrogen-bond acceptors (Lipinski definition) is 4. The Morgan fingerprint density at radius 2 is 2.30 bits per heavy atom. The molecule has 114 valence electrons. The fourth-order valence-corrected chi connectivity index (χ4v) is 3.73. The Kier molecular flexibility index (Phi) is 5.54. The van der Waals surface area contributed by atoms with Crippen LogP contribution in [0.25, 0.3) is 0 Å². The maximum absolute atomic E-state index is 12.5. The molecule has 2 fully saturated rings. The topological polar surface area (TPSA) is 70.1 Å². The monoisotopic (exact) mass is 302 g/mol. The number of rotatable bonds is 4. The molecule has 2 aliphatic rings. The first-order valence-electron chi connectivity index (χ1n) is 7.01. The van der Waals surface area contributed by atoms with Gasteiger partial charge in [0.15, 0.2) is 0 Å².